The summed E-state index contributed by atoms with van der Waals surface area (Å²) >= 11 is 0. The monoisotopic (exact) mass is 613 g/mol. The fraction of sp³-hybridized carbons (Fsp3) is 0. The minimum Gasteiger partial charge on any atom is -0.456 e. The van der Waals surface area contributed by atoms with E-state index in [9.17, 15) is 0 Å². The molecule has 0 atom stereocenters. The van der Waals surface area contributed by atoms with Gasteiger partial charge >= 0.3 is 0 Å². The summed E-state index contributed by atoms with van der Waals surface area (Å²) in [4.78, 5) is 2.36. The lowest BCUT2D eigenvalue weighted by molar-refractivity contribution is 0.669. The van der Waals surface area contributed by atoms with E-state index in [0.717, 1.165) is 55.7 Å². The molecule has 0 saturated heterocycles. The number of rotatable bonds is 6. The molecule has 0 aliphatic rings. The molecule has 0 N–H and O–H groups in total. The van der Waals surface area contributed by atoms with Gasteiger partial charge in [0.25, 0.3) is 0 Å². The minimum atomic E-state index is 0.867. The Morgan fingerprint density at radius 2 is 0.875 bits per heavy atom. The van der Waals surface area contributed by atoms with E-state index in [1.807, 2.05) is 12.1 Å². The maximum atomic E-state index is 6.41. The second-order valence-corrected chi connectivity index (χ2v) is 12.2. The Hall–Kier alpha value is -6.38. The Kier molecular flexibility index (Phi) is 6.84. The van der Waals surface area contributed by atoms with Crippen molar-refractivity contribution in [1.82, 2.24) is 0 Å². The number of fused-ring (bicyclic) bond motifs is 4. The van der Waals surface area contributed by atoms with Gasteiger partial charge in [-0.25, -0.2) is 0 Å². The SMILES string of the molecule is c1ccc(-c2cc(-c3ccccc3)cc(N(c3cccc(-c4ccc5ccccc5c4)c3)c3ccc4c(c3)oc3ccccc34)c2)cc1. The molecule has 0 aliphatic carbocycles. The standard InChI is InChI=1S/C46H31NO/c1-3-12-32(13-4-1)38-27-39(33-14-5-2-6-15-33)30-42(29-38)47(41-24-25-44-43-20-9-10-21-45(43)48-46(44)31-41)40-19-11-18-36(28-40)37-23-22-34-16-7-8-17-35(34)26-37/h1-31H. The summed E-state index contributed by atoms with van der Waals surface area (Å²) < 4.78 is 6.41. The fourth-order valence-electron chi connectivity index (χ4n) is 6.83. The normalized spacial score (nSPS) is 11.3. The van der Waals surface area contributed by atoms with Crippen LogP contribution in [-0.2, 0) is 0 Å². The number of hydrogen-bond donors (Lipinski definition) is 0. The van der Waals surface area contributed by atoms with E-state index in [-0.39, 0.29) is 0 Å². The molecule has 48 heavy (non-hydrogen) atoms. The van der Waals surface area contributed by atoms with Crippen LogP contribution in [-0.4, -0.2) is 0 Å². The van der Waals surface area contributed by atoms with Crippen molar-refractivity contribution in [2.24, 2.45) is 0 Å². The van der Waals surface area contributed by atoms with Gasteiger partial charge in [0.2, 0.25) is 0 Å². The number of hydrogen-bond acceptors (Lipinski definition) is 2. The minimum absolute atomic E-state index is 0.867. The van der Waals surface area contributed by atoms with Crippen LogP contribution in [0.1, 0.15) is 0 Å². The topological polar surface area (TPSA) is 16.4 Å². The smallest absolute Gasteiger partial charge is 0.137 e. The van der Waals surface area contributed by atoms with Crippen LogP contribution in [0.15, 0.2) is 192 Å². The molecule has 0 spiro atoms. The van der Waals surface area contributed by atoms with Crippen LogP contribution in [0.2, 0.25) is 0 Å². The van der Waals surface area contributed by atoms with Crippen LogP contribution < -0.4 is 4.90 Å². The number of para-hydroxylation sites is 1. The van der Waals surface area contributed by atoms with Crippen molar-refractivity contribution in [3.63, 3.8) is 0 Å². The van der Waals surface area contributed by atoms with Gasteiger partial charge in [-0.05, 0) is 98.8 Å². The van der Waals surface area contributed by atoms with Crippen LogP contribution in [0, 0.1) is 0 Å². The summed E-state index contributed by atoms with van der Waals surface area (Å²) in [6, 6.07) is 67.1. The zero-order valence-corrected chi connectivity index (χ0v) is 26.3. The predicted octanol–water partition coefficient (Wildman–Crippen LogP) is 13.2. The zero-order chi connectivity index (χ0) is 31.9. The van der Waals surface area contributed by atoms with Gasteiger partial charge in [0, 0.05) is 33.9 Å². The van der Waals surface area contributed by atoms with E-state index >= 15 is 0 Å². The van der Waals surface area contributed by atoms with Crippen molar-refractivity contribution in [3.8, 4) is 33.4 Å². The maximum Gasteiger partial charge on any atom is 0.137 e. The number of nitrogens with zero attached hydrogens (tertiary/aromatic N) is 1. The highest BCUT2D eigenvalue weighted by atomic mass is 16.3. The molecule has 9 aromatic rings. The second-order valence-electron chi connectivity index (χ2n) is 12.2. The average molecular weight is 614 g/mol. The lowest BCUT2D eigenvalue weighted by Crippen LogP contribution is -2.10. The molecule has 0 bridgehead atoms. The third-order valence-corrected chi connectivity index (χ3v) is 9.20. The Balaban J connectivity index is 1.27. The molecule has 1 aromatic heterocycles. The van der Waals surface area contributed by atoms with Gasteiger partial charge in [-0.1, -0.05) is 127 Å². The van der Waals surface area contributed by atoms with E-state index in [0.29, 0.717) is 0 Å². The summed E-state index contributed by atoms with van der Waals surface area (Å²) in [6.07, 6.45) is 0. The molecule has 0 unspecified atom stereocenters. The third kappa shape index (κ3) is 5.10. The van der Waals surface area contributed by atoms with Gasteiger partial charge in [-0.2, -0.15) is 0 Å². The lowest BCUT2D eigenvalue weighted by atomic mass is 9.97. The van der Waals surface area contributed by atoms with E-state index in [2.05, 4.69) is 181 Å². The lowest BCUT2D eigenvalue weighted by Gasteiger charge is -2.27. The molecule has 0 radical (unpaired) electrons. The van der Waals surface area contributed by atoms with Crippen LogP contribution in [0.4, 0.5) is 17.1 Å². The summed E-state index contributed by atoms with van der Waals surface area (Å²) in [6.45, 7) is 0. The molecular formula is C46H31NO. The highest BCUT2D eigenvalue weighted by Gasteiger charge is 2.18. The molecule has 0 saturated carbocycles. The highest BCUT2D eigenvalue weighted by Crippen LogP contribution is 2.42. The molecule has 0 amide bonds. The van der Waals surface area contributed by atoms with Gasteiger partial charge in [0.1, 0.15) is 11.2 Å². The van der Waals surface area contributed by atoms with E-state index in [1.54, 1.807) is 0 Å². The predicted molar refractivity (Wildman–Crippen MR) is 202 cm³/mol. The van der Waals surface area contributed by atoms with E-state index in [1.165, 1.54) is 27.5 Å². The first kappa shape index (κ1) is 27.9. The molecule has 8 aromatic carbocycles. The number of benzene rings is 8. The molecule has 1 heterocycles. The summed E-state index contributed by atoms with van der Waals surface area (Å²) in [5, 5.41) is 4.71. The van der Waals surface area contributed by atoms with Crippen molar-refractivity contribution in [2.45, 2.75) is 0 Å². The summed E-state index contributed by atoms with van der Waals surface area (Å²) in [5.74, 6) is 0. The van der Waals surface area contributed by atoms with Crippen molar-refractivity contribution in [3.05, 3.63) is 188 Å². The Morgan fingerprint density at radius 3 is 1.65 bits per heavy atom. The molecule has 0 aliphatic heterocycles. The van der Waals surface area contributed by atoms with Crippen molar-refractivity contribution >= 4 is 49.8 Å². The first-order valence-electron chi connectivity index (χ1n) is 16.3. The number of anilines is 3. The average Bonchev–Trinajstić information content (AvgIpc) is 3.53. The van der Waals surface area contributed by atoms with Gasteiger partial charge in [0.05, 0.1) is 0 Å². The fourth-order valence-corrected chi connectivity index (χ4v) is 6.83. The first-order valence-corrected chi connectivity index (χ1v) is 16.3. The Morgan fingerprint density at radius 1 is 0.292 bits per heavy atom. The van der Waals surface area contributed by atoms with Crippen LogP contribution in [0.25, 0.3) is 66.1 Å². The summed E-state index contributed by atoms with van der Waals surface area (Å²) in [7, 11) is 0. The number of furan rings is 1. The van der Waals surface area contributed by atoms with Gasteiger partial charge in [-0.15, -0.1) is 0 Å². The molecule has 2 nitrogen and oxygen atoms in total. The maximum absolute atomic E-state index is 6.41. The van der Waals surface area contributed by atoms with E-state index < -0.39 is 0 Å². The zero-order valence-electron chi connectivity index (χ0n) is 26.3. The second kappa shape index (κ2) is 11.8. The molecule has 9 rings (SSSR count). The third-order valence-electron chi connectivity index (χ3n) is 9.20. The highest BCUT2D eigenvalue weighted by molar-refractivity contribution is 6.06. The largest absolute Gasteiger partial charge is 0.456 e. The quantitative estimate of drug-likeness (QED) is 0.185. The van der Waals surface area contributed by atoms with Gasteiger partial charge < -0.3 is 9.32 Å². The van der Waals surface area contributed by atoms with Gasteiger partial charge in [-0.3, -0.25) is 0 Å². The Labute approximate surface area is 279 Å². The molecule has 226 valence electrons. The van der Waals surface area contributed by atoms with Crippen LogP contribution in [0.5, 0.6) is 0 Å². The molecule has 2 heteroatoms. The first-order chi connectivity index (χ1) is 23.8. The van der Waals surface area contributed by atoms with Crippen molar-refractivity contribution in [1.29, 1.82) is 0 Å². The van der Waals surface area contributed by atoms with Crippen LogP contribution in [0.3, 0.4) is 0 Å². The van der Waals surface area contributed by atoms with Crippen molar-refractivity contribution in [2.75, 3.05) is 4.90 Å². The molecular weight excluding hydrogens is 583 g/mol. The summed E-state index contributed by atoms with van der Waals surface area (Å²) in [5.41, 5.74) is 12.0. The van der Waals surface area contributed by atoms with Crippen molar-refractivity contribution < 1.29 is 4.42 Å². The molecule has 0 fully saturated rings. The van der Waals surface area contributed by atoms with E-state index in [4.69, 9.17) is 4.42 Å². The van der Waals surface area contributed by atoms with Crippen LogP contribution >= 0.6 is 0 Å². The Bertz CT molecular complexity index is 2510. The van der Waals surface area contributed by atoms with Gasteiger partial charge in [0.15, 0.2) is 0 Å².